The number of imidazole rings is 1. The number of rotatable bonds is 3. The zero-order valence-corrected chi connectivity index (χ0v) is 9.72. The first-order valence-corrected chi connectivity index (χ1v) is 5.53. The van der Waals surface area contributed by atoms with Crippen molar-refractivity contribution < 1.29 is 5.11 Å². The third-order valence-corrected chi connectivity index (χ3v) is 2.76. The molecule has 4 heteroatoms. The van der Waals surface area contributed by atoms with Gasteiger partial charge >= 0.3 is 0 Å². The van der Waals surface area contributed by atoms with Crippen LogP contribution in [0.3, 0.4) is 0 Å². The summed E-state index contributed by atoms with van der Waals surface area (Å²) in [4.78, 5) is 4.03. The highest BCUT2D eigenvalue weighted by atomic mass is 35.5. The number of benzene rings is 1. The molecule has 16 heavy (non-hydrogen) atoms. The normalized spacial score (nSPS) is 12.7. The number of hydrogen-bond donors (Lipinski definition) is 1. The van der Waals surface area contributed by atoms with Crippen LogP contribution in [0.5, 0.6) is 0 Å². The van der Waals surface area contributed by atoms with Crippen LogP contribution in [-0.4, -0.2) is 14.7 Å². The molecule has 2 rings (SSSR count). The Hall–Kier alpha value is -1.32. The summed E-state index contributed by atoms with van der Waals surface area (Å²) in [5.74, 6) is 0. The zero-order chi connectivity index (χ0) is 11.5. The van der Waals surface area contributed by atoms with Crippen LogP contribution in [0.25, 0.3) is 0 Å². The fourth-order valence-electron chi connectivity index (χ4n) is 1.67. The Morgan fingerprint density at radius 2 is 2.31 bits per heavy atom. The van der Waals surface area contributed by atoms with Crippen LogP contribution >= 0.6 is 11.6 Å². The maximum absolute atomic E-state index is 10.2. The molecule has 0 radical (unpaired) electrons. The molecule has 0 aliphatic carbocycles. The molecular weight excluding hydrogens is 224 g/mol. The van der Waals surface area contributed by atoms with Crippen molar-refractivity contribution in [1.82, 2.24) is 9.55 Å². The molecule has 84 valence electrons. The number of halogens is 1. The standard InChI is InChI=1S/C12H13ClN2O/c1-2-15-8-14-7-11(15)12(16)9-4-3-5-10(13)6-9/h3-8,12,16H,2H2,1H3. The van der Waals surface area contributed by atoms with Crippen LogP contribution in [0.15, 0.2) is 36.8 Å². The van der Waals surface area contributed by atoms with E-state index in [1.807, 2.05) is 23.6 Å². The van der Waals surface area contributed by atoms with Gasteiger partial charge in [-0.2, -0.15) is 0 Å². The van der Waals surface area contributed by atoms with E-state index in [1.165, 1.54) is 0 Å². The Balaban J connectivity index is 2.35. The largest absolute Gasteiger partial charge is 0.382 e. The van der Waals surface area contributed by atoms with Gasteiger partial charge in [0.25, 0.3) is 0 Å². The highest BCUT2D eigenvalue weighted by Gasteiger charge is 2.14. The molecule has 0 aliphatic heterocycles. The van der Waals surface area contributed by atoms with Crippen LogP contribution in [0.4, 0.5) is 0 Å². The highest BCUT2D eigenvalue weighted by molar-refractivity contribution is 6.30. The third kappa shape index (κ3) is 2.10. The van der Waals surface area contributed by atoms with Gasteiger partial charge in [0.1, 0.15) is 6.10 Å². The van der Waals surface area contributed by atoms with Gasteiger partial charge in [-0.05, 0) is 24.6 Å². The van der Waals surface area contributed by atoms with E-state index in [-0.39, 0.29) is 0 Å². The Kier molecular flexibility index (Phi) is 3.27. The van der Waals surface area contributed by atoms with Crippen LogP contribution in [0.2, 0.25) is 5.02 Å². The van der Waals surface area contributed by atoms with E-state index in [2.05, 4.69) is 4.98 Å². The molecule has 2 aromatic rings. The van der Waals surface area contributed by atoms with Crippen molar-refractivity contribution in [2.24, 2.45) is 0 Å². The molecule has 0 amide bonds. The molecule has 0 saturated carbocycles. The van der Waals surface area contributed by atoms with Crippen LogP contribution in [0, 0.1) is 0 Å². The van der Waals surface area contributed by atoms with Crippen molar-refractivity contribution in [1.29, 1.82) is 0 Å². The molecule has 1 aromatic heterocycles. The summed E-state index contributed by atoms with van der Waals surface area (Å²) in [5, 5.41) is 10.8. The third-order valence-electron chi connectivity index (χ3n) is 2.53. The maximum Gasteiger partial charge on any atom is 0.121 e. The van der Waals surface area contributed by atoms with E-state index in [1.54, 1.807) is 24.7 Å². The zero-order valence-electron chi connectivity index (χ0n) is 8.97. The molecule has 0 bridgehead atoms. The molecule has 1 N–H and O–H groups in total. The fraction of sp³-hybridized carbons (Fsp3) is 0.250. The molecule has 1 unspecified atom stereocenters. The lowest BCUT2D eigenvalue weighted by molar-refractivity contribution is 0.210. The number of nitrogens with zero attached hydrogens (tertiary/aromatic N) is 2. The smallest absolute Gasteiger partial charge is 0.121 e. The Morgan fingerprint density at radius 3 is 3.00 bits per heavy atom. The summed E-state index contributed by atoms with van der Waals surface area (Å²) in [6.07, 6.45) is 2.71. The second kappa shape index (κ2) is 4.68. The summed E-state index contributed by atoms with van der Waals surface area (Å²) >= 11 is 5.89. The van der Waals surface area contributed by atoms with E-state index in [0.29, 0.717) is 5.02 Å². The van der Waals surface area contributed by atoms with Gasteiger partial charge in [0.05, 0.1) is 18.2 Å². The van der Waals surface area contributed by atoms with Gasteiger partial charge in [-0.15, -0.1) is 0 Å². The molecule has 3 nitrogen and oxygen atoms in total. The number of aliphatic hydroxyl groups excluding tert-OH is 1. The van der Waals surface area contributed by atoms with Crippen molar-refractivity contribution in [3.63, 3.8) is 0 Å². The molecular formula is C12H13ClN2O. The van der Waals surface area contributed by atoms with E-state index in [4.69, 9.17) is 11.6 Å². The SMILES string of the molecule is CCn1cncc1C(O)c1cccc(Cl)c1. The van der Waals surface area contributed by atoms with Gasteiger partial charge in [0.2, 0.25) is 0 Å². The monoisotopic (exact) mass is 236 g/mol. The number of aryl methyl sites for hydroxylation is 1. The molecule has 0 aliphatic rings. The molecule has 0 saturated heterocycles. The first-order chi connectivity index (χ1) is 7.72. The number of hydrogen-bond acceptors (Lipinski definition) is 2. The second-order valence-corrected chi connectivity index (χ2v) is 4.00. The minimum absolute atomic E-state index is 0.624. The van der Waals surface area contributed by atoms with Crippen LogP contribution in [0.1, 0.15) is 24.3 Å². The maximum atomic E-state index is 10.2. The minimum atomic E-state index is -0.679. The summed E-state index contributed by atoms with van der Waals surface area (Å²) in [6, 6.07) is 7.23. The van der Waals surface area contributed by atoms with Crippen LogP contribution < -0.4 is 0 Å². The van der Waals surface area contributed by atoms with Gasteiger partial charge in [-0.1, -0.05) is 23.7 Å². The van der Waals surface area contributed by atoms with Gasteiger partial charge in [0, 0.05) is 11.6 Å². The average molecular weight is 237 g/mol. The molecule has 1 atom stereocenters. The fourth-order valence-corrected chi connectivity index (χ4v) is 1.87. The van der Waals surface area contributed by atoms with Crippen molar-refractivity contribution >= 4 is 11.6 Å². The van der Waals surface area contributed by atoms with Crippen molar-refractivity contribution in [3.05, 3.63) is 53.1 Å². The second-order valence-electron chi connectivity index (χ2n) is 3.56. The number of aliphatic hydroxyl groups is 1. The van der Waals surface area contributed by atoms with Crippen molar-refractivity contribution in [2.75, 3.05) is 0 Å². The van der Waals surface area contributed by atoms with Crippen molar-refractivity contribution in [3.8, 4) is 0 Å². The predicted molar refractivity (Wildman–Crippen MR) is 63.4 cm³/mol. The van der Waals surface area contributed by atoms with Crippen molar-refractivity contribution in [2.45, 2.75) is 19.6 Å². The quantitative estimate of drug-likeness (QED) is 0.890. The van der Waals surface area contributed by atoms with Gasteiger partial charge in [-0.3, -0.25) is 0 Å². The predicted octanol–water partition coefficient (Wildman–Crippen LogP) is 2.64. The Morgan fingerprint density at radius 1 is 1.50 bits per heavy atom. The molecule has 1 aromatic carbocycles. The van der Waals surface area contributed by atoms with E-state index in [0.717, 1.165) is 17.8 Å². The Labute approximate surface area is 99.3 Å². The lowest BCUT2D eigenvalue weighted by Crippen LogP contribution is -2.06. The topological polar surface area (TPSA) is 38.0 Å². The van der Waals surface area contributed by atoms with Crippen LogP contribution in [-0.2, 0) is 6.54 Å². The average Bonchev–Trinajstić information content (AvgIpc) is 2.76. The minimum Gasteiger partial charge on any atom is -0.382 e. The lowest BCUT2D eigenvalue weighted by Gasteiger charge is -2.13. The van der Waals surface area contributed by atoms with Gasteiger partial charge in [0.15, 0.2) is 0 Å². The van der Waals surface area contributed by atoms with Gasteiger partial charge in [-0.25, -0.2) is 4.98 Å². The van der Waals surface area contributed by atoms with E-state index < -0.39 is 6.10 Å². The molecule has 1 heterocycles. The first-order valence-electron chi connectivity index (χ1n) is 5.16. The lowest BCUT2D eigenvalue weighted by atomic mass is 10.1. The van der Waals surface area contributed by atoms with E-state index in [9.17, 15) is 5.11 Å². The number of aromatic nitrogens is 2. The molecule has 0 fully saturated rings. The Bertz CT molecular complexity index is 481. The molecule has 0 spiro atoms. The first kappa shape index (κ1) is 11.2. The summed E-state index contributed by atoms with van der Waals surface area (Å²) in [6.45, 7) is 2.79. The summed E-state index contributed by atoms with van der Waals surface area (Å²) in [5.41, 5.74) is 1.56. The highest BCUT2D eigenvalue weighted by Crippen LogP contribution is 2.23. The summed E-state index contributed by atoms with van der Waals surface area (Å²) in [7, 11) is 0. The van der Waals surface area contributed by atoms with Gasteiger partial charge < -0.3 is 9.67 Å². The summed E-state index contributed by atoms with van der Waals surface area (Å²) < 4.78 is 1.91. The van der Waals surface area contributed by atoms with E-state index >= 15 is 0 Å².